The molecule has 0 bridgehead atoms. The third kappa shape index (κ3) is 4.83. The molecule has 1 heterocycles. The van der Waals surface area contributed by atoms with Gasteiger partial charge in [0.15, 0.2) is 0 Å². The molecule has 4 heteroatoms. The van der Waals surface area contributed by atoms with Crippen molar-refractivity contribution in [2.75, 3.05) is 0 Å². The summed E-state index contributed by atoms with van der Waals surface area (Å²) >= 11 is 2.43. The lowest BCUT2D eigenvalue weighted by molar-refractivity contribution is 0.281. The fourth-order valence-corrected chi connectivity index (χ4v) is 5.14. The number of alkyl halides is 1. The Morgan fingerprint density at radius 2 is 1.23 bits per heavy atom. The van der Waals surface area contributed by atoms with Crippen LogP contribution >= 0.6 is 22.6 Å². The van der Waals surface area contributed by atoms with Gasteiger partial charge in [0.25, 0.3) is 0 Å². The zero-order chi connectivity index (χ0) is 21.0. The maximum Gasteiger partial charge on any atom is 0.114 e. The summed E-state index contributed by atoms with van der Waals surface area (Å²) < 4.78 is 0.167. The monoisotopic (exact) mass is 519 g/mol. The van der Waals surface area contributed by atoms with Crippen molar-refractivity contribution in [3.05, 3.63) is 125 Å². The topological polar surface area (TPSA) is 36.1 Å². The van der Waals surface area contributed by atoms with Crippen molar-refractivity contribution in [3.63, 3.8) is 0 Å². The molecule has 3 nitrogen and oxygen atoms in total. The molecule has 1 aliphatic heterocycles. The summed E-state index contributed by atoms with van der Waals surface area (Å²) in [5, 5.41) is 11.1. The Morgan fingerprint density at radius 3 is 1.90 bits per heavy atom. The molecule has 31 heavy (non-hydrogen) atoms. The van der Waals surface area contributed by atoms with Crippen LogP contribution in [0.1, 0.15) is 35.2 Å². The summed E-state index contributed by atoms with van der Waals surface area (Å²) in [7, 11) is 0. The molecule has 0 aromatic heterocycles. The first-order valence-corrected chi connectivity index (χ1v) is 12.0. The van der Waals surface area contributed by atoms with Crippen molar-refractivity contribution in [2.45, 2.75) is 28.8 Å². The molecule has 4 unspecified atom stereocenters. The molecule has 0 saturated carbocycles. The Bertz CT molecular complexity index is 1060. The number of hydrogen-bond donors (Lipinski definition) is 3. The van der Waals surface area contributed by atoms with Gasteiger partial charge in [-0.15, -0.1) is 0 Å². The van der Waals surface area contributed by atoms with E-state index < -0.39 is 0 Å². The third-order valence-electron chi connectivity index (χ3n) is 5.97. The molecule has 1 saturated heterocycles. The number of nitrogens with one attached hydrogen (secondary N) is 3. The molecule has 3 aromatic rings. The lowest BCUT2D eigenvalue weighted by Crippen LogP contribution is -2.61. The van der Waals surface area contributed by atoms with E-state index in [4.69, 9.17) is 0 Å². The highest BCUT2D eigenvalue weighted by Crippen LogP contribution is 2.37. The van der Waals surface area contributed by atoms with Gasteiger partial charge < -0.3 is 0 Å². The minimum atomic E-state index is 0.0681. The minimum Gasteiger partial charge on any atom is -0.279 e. The molecule has 0 spiro atoms. The standard InChI is InChI=1S/C27H26IN3/c28-27-30-25(21-14-8-3-9-15-21)29-26(31-27)24-17-22(19-10-4-1-5-11-19)16-23(18-24)20-12-6-2-7-13-20/h1-15,17-18,22,25-27,29-31H,16H2. The number of hydrogen-bond acceptors (Lipinski definition) is 3. The van der Waals surface area contributed by atoms with Crippen LogP contribution in [-0.4, -0.2) is 10.3 Å². The molecule has 1 fully saturated rings. The predicted molar refractivity (Wildman–Crippen MR) is 136 cm³/mol. The second-order valence-corrected chi connectivity index (χ2v) is 9.31. The zero-order valence-electron chi connectivity index (χ0n) is 17.2. The lowest BCUT2D eigenvalue weighted by atomic mass is 9.82. The van der Waals surface area contributed by atoms with Gasteiger partial charge in [0.2, 0.25) is 0 Å². The summed E-state index contributed by atoms with van der Waals surface area (Å²) in [6.07, 6.45) is 5.98. The summed E-state index contributed by atoms with van der Waals surface area (Å²) in [6, 6.07) is 32.2. The Hall–Kier alpha value is -2.25. The van der Waals surface area contributed by atoms with Crippen molar-refractivity contribution >= 4 is 28.2 Å². The van der Waals surface area contributed by atoms with Crippen LogP contribution in [0.3, 0.4) is 0 Å². The average molecular weight is 519 g/mol. The van der Waals surface area contributed by atoms with Gasteiger partial charge >= 0.3 is 0 Å². The van der Waals surface area contributed by atoms with Gasteiger partial charge in [-0.25, -0.2) is 0 Å². The van der Waals surface area contributed by atoms with Crippen molar-refractivity contribution < 1.29 is 0 Å². The SMILES string of the molecule is IC1NC(C2=CC(c3ccccc3)CC(c3ccccc3)=C2)NC(c2ccccc2)N1. The van der Waals surface area contributed by atoms with Gasteiger partial charge in [-0.3, -0.25) is 16.0 Å². The van der Waals surface area contributed by atoms with Gasteiger partial charge in [0, 0.05) is 5.92 Å². The van der Waals surface area contributed by atoms with Crippen molar-refractivity contribution in [1.29, 1.82) is 0 Å². The van der Waals surface area contributed by atoms with Gasteiger partial charge in [0.1, 0.15) is 4.17 Å². The molecule has 5 rings (SSSR count). The van der Waals surface area contributed by atoms with E-state index in [-0.39, 0.29) is 16.5 Å². The highest BCUT2D eigenvalue weighted by Gasteiger charge is 2.30. The molecule has 4 atom stereocenters. The first kappa shape index (κ1) is 20.6. The van der Waals surface area contributed by atoms with Crippen LogP contribution in [-0.2, 0) is 0 Å². The van der Waals surface area contributed by atoms with Crippen LogP contribution in [0.15, 0.2) is 109 Å². The number of halogens is 1. The fourth-order valence-electron chi connectivity index (χ4n) is 4.42. The molecular formula is C27H26IN3. The summed E-state index contributed by atoms with van der Waals surface area (Å²) in [5.74, 6) is 0.359. The molecule has 156 valence electrons. The van der Waals surface area contributed by atoms with E-state index >= 15 is 0 Å². The lowest BCUT2D eigenvalue weighted by Gasteiger charge is -2.39. The van der Waals surface area contributed by atoms with Crippen LogP contribution in [0.5, 0.6) is 0 Å². The Labute approximate surface area is 197 Å². The maximum absolute atomic E-state index is 3.77. The Morgan fingerprint density at radius 1 is 0.645 bits per heavy atom. The van der Waals surface area contributed by atoms with Gasteiger partial charge in [-0.05, 0) is 56.8 Å². The van der Waals surface area contributed by atoms with Crippen LogP contribution < -0.4 is 16.0 Å². The van der Waals surface area contributed by atoms with Gasteiger partial charge in [-0.1, -0.05) is 103 Å². The fraction of sp³-hybridized carbons (Fsp3) is 0.185. The van der Waals surface area contributed by atoms with Crippen LogP contribution in [0, 0.1) is 0 Å². The average Bonchev–Trinajstić information content (AvgIpc) is 2.85. The summed E-state index contributed by atoms with van der Waals surface area (Å²) in [4.78, 5) is 0. The quantitative estimate of drug-likeness (QED) is 0.235. The summed E-state index contributed by atoms with van der Waals surface area (Å²) in [6.45, 7) is 0. The first-order chi connectivity index (χ1) is 15.3. The van der Waals surface area contributed by atoms with Crippen molar-refractivity contribution in [2.24, 2.45) is 0 Å². The van der Waals surface area contributed by atoms with E-state index in [2.05, 4.69) is 142 Å². The molecule has 1 aliphatic carbocycles. The van der Waals surface area contributed by atoms with Crippen LogP contribution in [0.25, 0.3) is 5.57 Å². The van der Waals surface area contributed by atoms with E-state index in [1.54, 1.807) is 0 Å². The van der Waals surface area contributed by atoms with Crippen LogP contribution in [0.2, 0.25) is 0 Å². The Balaban J connectivity index is 1.49. The second-order valence-electron chi connectivity index (χ2n) is 8.06. The molecule has 0 amide bonds. The zero-order valence-corrected chi connectivity index (χ0v) is 19.4. The molecule has 3 aromatic carbocycles. The van der Waals surface area contributed by atoms with E-state index in [1.807, 2.05) is 0 Å². The second kappa shape index (κ2) is 9.49. The Kier molecular flexibility index (Phi) is 6.32. The number of allylic oxidation sites excluding steroid dienone is 2. The predicted octanol–water partition coefficient (Wildman–Crippen LogP) is 5.71. The molecular weight excluding hydrogens is 493 g/mol. The summed E-state index contributed by atoms with van der Waals surface area (Å²) in [5.41, 5.74) is 6.59. The number of rotatable bonds is 4. The maximum atomic E-state index is 3.77. The molecule has 3 N–H and O–H groups in total. The van der Waals surface area contributed by atoms with E-state index in [0.717, 1.165) is 6.42 Å². The van der Waals surface area contributed by atoms with Gasteiger partial charge in [0.05, 0.1) is 12.3 Å². The number of benzene rings is 3. The van der Waals surface area contributed by atoms with Crippen molar-refractivity contribution in [3.8, 4) is 0 Å². The van der Waals surface area contributed by atoms with Crippen LogP contribution in [0.4, 0.5) is 0 Å². The normalized spacial score (nSPS) is 26.1. The van der Waals surface area contributed by atoms with E-state index in [9.17, 15) is 0 Å². The minimum absolute atomic E-state index is 0.0681. The smallest absolute Gasteiger partial charge is 0.114 e. The molecule has 0 radical (unpaired) electrons. The largest absolute Gasteiger partial charge is 0.279 e. The first-order valence-electron chi connectivity index (χ1n) is 10.8. The van der Waals surface area contributed by atoms with E-state index in [0.29, 0.717) is 5.92 Å². The third-order valence-corrected chi connectivity index (χ3v) is 6.69. The molecule has 2 aliphatic rings. The van der Waals surface area contributed by atoms with Crippen molar-refractivity contribution in [1.82, 2.24) is 16.0 Å². The highest BCUT2D eigenvalue weighted by molar-refractivity contribution is 14.1. The highest BCUT2D eigenvalue weighted by atomic mass is 127. The van der Waals surface area contributed by atoms with Gasteiger partial charge in [-0.2, -0.15) is 0 Å². The van der Waals surface area contributed by atoms with E-state index in [1.165, 1.54) is 27.8 Å².